The van der Waals surface area contributed by atoms with Gasteiger partial charge in [0, 0.05) is 24.9 Å². The summed E-state index contributed by atoms with van der Waals surface area (Å²) in [6.07, 6.45) is 3.08. The first-order valence-electron chi connectivity index (χ1n) is 8.27. The standard InChI is InChI=1S/C17H27NO5/c1-16(2,3)23-15(21)18-10-6-9-17(11-18)8-5-7-12(19)13(17)14(20)22-4/h13H,5-11H2,1-4H3. The van der Waals surface area contributed by atoms with E-state index in [4.69, 9.17) is 9.47 Å². The number of piperidine rings is 1. The molecule has 2 atom stereocenters. The molecule has 0 N–H and O–H groups in total. The Bertz CT molecular complexity index is 484. The van der Waals surface area contributed by atoms with E-state index in [0.717, 1.165) is 25.7 Å². The SMILES string of the molecule is COC(=O)C1C(=O)CCCC12CCCN(C(=O)OC(C)(C)C)C2. The summed E-state index contributed by atoms with van der Waals surface area (Å²) >= 11 is 0. The predicted molar refractivity (Wildman–Crippen MR) is 83.8 cm³/mol. The summed E-state index contributed by atoms with van der Waals surface area (Å²) < 4.78 is 10.3. The van der Waals surface area contributed by atoms with Crippen LogP contribution in [0.25, 0.3) is 0 Å². The number of Topliss-reactive ketones (excluding diaryl/α,β-unsaturated/α-hetero) is 1. The maximum atomic E-state index is 12.4. The van der Waals surface area contributed by atoms with E-state index in [2.05, 4.69) is 0 Å². The number of hydrogen-bond donors (Lipinski definition) is 0. The van der Waals surface area contributed by atoms with Crippen molar-refractivity contribution in [1.29, 1.82) is 0 Å². The molecule has 6 heteroatoms. The van der Waals surface area contributed by atoms with Crippen molar-refractivity contribution >= 4 is 17.8 Å². The van der Waals surface area contributed by atoms with Crippen LogP contribution in [0.3, 0.4) is 0 Å². The van der Waals surface area contributed by atoms with Crippen LogP contribution in [0.2, 0.25) is 0 Å². The molecule has 130 valence electrons. The van der Waals surface area contributed by atoms with Crippen molar-refractivity contribution in [3.8, 4) is 0 Å². The van der Waals surface area contributed by atoms with Crippen molar-refractivity contribution < 1.29 is 23.9 Å². The lowest BCUT2D eigenvalue weighted by Gasteiger charge is -2.47. The molecule has 1 aliphatic heterocycles. The van der Waals surface area contributed by atoms with E-state index in [0.29, 0.717) is 19.5 Å². The molecule has 2 unspecified atom stereocenters. The van der Waals surface area contributed by atoms with Gasteiger partial charge in [0.1, 0.15) is 17.3 Å². The smallest absolute Gasteiger partial charge is 0.410 e. The van der Waals surface area contributed by atoms with Gasteiger partial charge in [0.15, 0.2) is 0 Å². The fraction of sp³-hybridized carbons (Fsp3) is 0.824. The number of esters is 1. The number of amides is 1. The summed E-state index contributed by atoms with van der Waals surface area (Å²) in [5.41, 5.74) is -1.07. The molecule has 0 bridgehead atoms. The lowest BCUT2D eigenvalue weighted by molar-refractivity contribution is -0.160. The Morgan fingerprint density at radius 3 is 2.48 bits per heavy atom. The summed E-state index contributed by atoms with van der Waals surface area (Å²) in [6.45, 7) is 6.45. The van der Waals surface area contributed by atoms with Crippen molar-refractivity contribution in [2.24, 2.45) is 11.3 Å². The fourth-order valence-corrected chi connectivity index (χ4v) is 3.83. The summed E-state index contributed by atoms with van der Waals surface area (Å²) in [5, 5.41) is 0. The zero-order valence-electron chi connectivity index (χ0n) is 14.5. The van der Waals surface area contributed by atoms with E-state index in [9.17, 15) is 14.4 Å². The van der Waals surface area contributed by atoms with Gasteiger partial charge in [-0.2, -0.15) is 0 Å². The number of hydrogen-bond acceptors (Lipinski definition) is 5. The van der Waals surface area contributed by atoms with E-state index in [-0.39, 0.29) is 11.9 Å². The highest BCUT2D eigenvalue weighted by atomic mass is 16.6. The number of nitrogens with zero attached hydrogens (tertiary/aromatic N) is 1. The second-order valence-corrected chi connectivity index (χ2v) is 7.64. The van der Waals surface area contributed by atoms with Gasteiger partial charge in [0.25, 0.3) is 0 Å². The van der Waals surface area contributed by atoms with Gasteiger partial charge in [-0.3, -0.25) is 9.59 Å². The molecule has 2 rings (SSSR count). The normalized spacial score (nSPS) is 28.6. The van der Waals surface area contributed by atoms with Crippen molar-refractivity contribution in [1.82, 2.24) is 4.90 Å². The summed E-state index contributed by atoms with van der Waals surface area (Å²) in [6, 6.07) is 0. The fourth-order valence-electron chi connectivity index (χ4n) is 3.83. The summed E-state index contributed by atoms with van der Waals surface area (Å²) in [4.78, 5) is 38.5. The monoisotopic (exact) mass is 325 g/mol. The molecule has 0 aromatic carbocycles. The highest BCUT2D eigenvalue weighted by Gasteiger charge is 2.52. The lowest BCUT2D eigenvalue weighted by atomic mass is 9.62. The minimum atomic E-state index is -0.758. The first-order chi connectivity index (χ1) is 10.7. The van der Waals surface area contributed by atoms with Gasteiger partial charge in [-0.05, 0) is 46.5 Å². The van der Waals surface area contributed by atoms with Gasteiger partial charge >= 0.3 is 12.1 Å². The molecule has 6 nitrogen and oxygen atoms in total. The largest absolute Gasteiger partial charge is 0.468 e. The third-order valence-corrected chi connectivity index (χ3v) is 4.73. The van der Waals surface area contributed by atoms with Gasteiger partial charge in [-0.15, -0.1) is 0 Å². The van der Waals surface area contributed by atoms with Gasteiger partial charge in [-0.1, -0.05) is 0 Å². The Balaban J connectivity index is 2.21. The molecule has 1 saturated heterocycles. The zero-order chi connectivity index (χ0) is 17.3. The van der Waals surface area contributed by atoms with Crippen LogP contribution >= 0.6 is 0 Å². The Kier molecular flexibility index (Phi) is 5.01. The topological polar surface area (TPSA) is 72.9 Å². The minimum absolute atomic E-state index is 0.0610. The van der Waals surface area contributed by atoms with Crippen LogP contribution in [-0.4, -0.2) is 48.5 Å². The molecule has 1 saturated carbocycles. The van der Waals surface area contributed by atoms with Crippen LogP contribution < -0.4 is 0 Å². The first-order valence-corrected chi connectivity index (χ1v) is 8.27. The maximum Gasteiger partial charge on any atom is 0.410 e. The van der Waals surface area contributed by atoms with Crippen LogP contribution in [-0.2, 0) is 19.1 Å². The van der Waals surface area contributed by atoms with Crippen LogP contribution in [0.1, 0.15) is 52.9 Å². The molecule has 2 aliphatic rings. The van der Waals surface area contributed by atoms with E-state index >= 15 is 0 Å². The number of ether oxygens (including phenoxy) is 2. The third kappa shape index (κ3) is 3.85. The lowest BCUT2D eigenvalue weighted by Crippen LogP contribution is -2.55. The van der Waals surface area contributed by atoms with Gasteiger partial charge < -0.3 is 14.4 Å². The average Bonchev–Trinajstić information content (AvgIpc) is 2.45. The molecule has 1 heterocycles. The van der Waals surface area contributed by atoms with Gasteiger partial charge in [-0.25, -0.2) is 4.79 Å². The van der Waals surface area contributed by atoms with Crippen molar-refractivity contribution in [2.75, 3.05) is 20.2 Å². The summed E-state index contributed by atoms with van der Waals surface area (Å²) in [5.74, 6) is -1.29. The third-order valence-electron chi connectivity index (χ3n) is 4.73. The van der Waals surface area contributed by atoms with Gasteiger partial charge in [0.05, 0.1) is 7.11 Å². The van der Waals surface area contributed by atoms with Crippen LogP contribution in [0.4, 0.5) is 4.79 Å². The molecule has 1 amide bonds. The molecule has 2 fully saturated rings. The average molecular weight is 325 g/mol. The Labute approximate surface area is 137 Å². The van der Waals surface area contributed by atoms with E-state index < -0.39 is 22.9 Å². The Morgan fingerprint density at radius 1 is 1.22 bits per heavy atom. The van der Waals surface area contributed by atoms with Crippen molar-refractivity contribution in [3.63, 3.8) is 0 Å². The predicted octanol–water partition coefficient (Wildman–Crippen LogP) is 2.55. The molecule has 1 spiro atoms. The van der Waals surface area contributed by atoms with Gasteiger partial charge in [0.2, 0.25) is 0 Å². The molecule has 23 heavy (non-hydrogen) atoms. The number of methoxy groups -OCH3 is 1. The van der Waals surface area contributed by atoms with Crippen LogP contribution in [0, 0.1) is 11.3 Å². The highest BCUT2D eigenvalue weighted by molar-refractivity contribution is 6.00. The van der Waals surface area contributed by atoms with Crippen molar-refractivity contribution in [3.05, 3.63) is 0 Å². The minimum Gasteiger partial charge on any atom is -0.468 e. The molecule has 0 radical (unpaired) electrons. The van der Waals surface area contributed by atoms with Crippen LogP contribution in [0.15, 0.2) is 0 Å². The number of likely N-dealkylation sites (tertiary alicyclic amines) is 1. The summed E-state index contributed by atoms with van der Waals surface area (Å²) in [7, 11) is 1.31. The number of carbonyl (C=O) groups is 3. The second kappa shape index (κ2) is 6.49. The Morgan fingerprint density at radius 2 is 1.87 bits per heavy atom. The second-order valence-electron chi connectivity index (χ2n) is 7.64. The zero-order valence-corrected chi connectivity index (χ0v) is 14.5. The van der Waals surface area contributed by atoms with E-state index in [1.54, 1.807) is 4.90 Å². The Hall–Kier alpha value is -1.59. The van der Waals surface area contributed by atoms with Crippen LogP contribution in [0.5, 0.6) is 0 Å². The van der Waals surface area contributed by atoms with E-state index in [1.807, 2.05) is 20.8 Å². The molecule has 0 aromatic rings. The maximum absolute atomic E-state index is 12.4. The van der Waals surface area contributed by atoms with Crippen molar-refractivity contribution in [2.45, 2.75) is 58.5 Å². The molecular weight excluding hydrogens is 298 g/mol. The first kappa shape index (κ1) is 17.8. The number of carbonyl (C=O) groups excluding carboxylic acids is 3. The highest BCUT2D eigenvalue weighted by Crippen LogP contribution is 2.46. The molecule has 1 aliphatic carbocycles. The molecule has 0 aromatic heterocycles. The molecular formula is C17H27NO5. The number of ketones is 1. The quantitative estimate of drug-likeness (QED) is 0.547. The number of rotatable bonds is 1. The van der Waals surface area contributed by atoms with E-state index in [1.165, 1.54) is 7.11 Å².